The van der Waals surface area contributed by atoms with E-state index in [0.29, 0.717) is 17.1 Å². The van der Waals surface area contributed by atoms with Crippen molar-refractivity contribution in [3.63, 3.8) is 0 Å². The highest BCUT2D eigenvalue weighted by atomic mass is 16.5. The molecule has 1 aromatic carbocycles. The van der Waals surface area contributed by atoms with Crippen LogP contribution in [0, 0.1) is 0 Å². The minimum atomic E-state index is -1.06. The summed E-state index contributed by atoms with van der Waals surface area (Å²) in [6, 6.07) is 4.77. The second-order valence-corrected chi connectivity index (χ2v) is 5.56. The maximum absolute atomic E-state index is 12.6. The summed E-state index contributed by atoms with van der Waals surface area (Å²) in [5.41, 5.74) is -0.298. The molecule has 0 saturated heterocycles. The lowest BCUT2D eigenvalue weighted by Crippen LogP contribution is -2.48. The molecule has 0 aliphatic rings. The number of aliphatic carboxylic acids is 1. The summed E-state index contributed by atoms with van der Waals surface area (Å²) in [4.78, 5) is 24.9. The van der Waals surface area contributed by atoms with Gasteiger partial charge in [-0.1, -0.05) is 0 Å². The summed E-state index contributed by atoms with van der Waals surface area (Å²) in [5, 5.41) is 9.00. The van der Waals surface area contributed by atoms with Gasteiger partial charge in [0.15, 0.2) is 0 Å². The Labute approximate surface area is 124 Å². The molecule has 0 aromatic heterocycles. The van der Waals surface area contributed by atoms with E-state index in [2.05, 4.69) is 0 Å². The highest BCUT2D eigenvalue weighted by Gasteiger charge is 2.29. The van der Waals surface area contributed by atoms with Crippen molar-refractivity contribution in [3.05, 3.63) is 23.8 Å². The zero-order valence-electron chi connectivity index (χ0n) is 13.0. The van der Waals surface area contributed by atoms with Gasteiger partial charge in [-0.25, -0.2) is 0 Å². The highest BCUT2D eigenvalue weighted by Crippen LogP contribution is 2.25. The van der Waals surface area contributed by atoms with E-state index in [1.807, 2.05) is 0 Å². The van der Waals surface area contributed by atoms with E-state index in [4.69, 9.17) is 14.6 Å². The number of nitrogens with zero attached hydrogens (tertiary/aromatic N) is 1. The number of carbonyl (C=O) groups is 2. The fourth-order valence-electron chi connectivity index (χ4n) is 1.84. The van der Waals surface area contributed by atoms with Crippen LogP contribution in [0.25, 0.3) is 0 Å². The van der Waals surface area contributed by atoms with Crippen molar-refractivity contribution in [1.29, 1.82) is 0 Å². The lowest BCUT2D eigenvalue weighted by atomic mass is 10.0. The Hall–Kier alpha value is -2.24. The summed E-state index contributed by atoms with van der Waals surface area (Å²) < 4.78 is 10.3. The molecule has 1 rings (SSSR count). The third-order valence-corrected chi connectivity index (χ3v) is 2.95. The van der Waals surface area contributed by atoms with Crippen molar-refractivity contribution in [1.82, 2.24) is 4.90 Å². The number of carboxylic acid groups (broad SMARTS) is 1. The first kappa shape index (κ1) is 16.8. The molecule has 0 spiro atoms. The maximum atomic E-state index is 12.6. The van der Waals surface area contributed by atoms with Crippen molar-refractivity contribution in [2.45, 2.75) is 26.3 Å². The van der Waals surface area contributed by atoms with Gasteiger partial charge in [-0.2, -0.15) is 0 Å². The van der Waals surface area contributed by atoms with E-state index < -0.39 is 11.5 Å². The molecule has 0 fully saturated rings. The van der Waals surface area contributed by atoms with Crippen LogP contribution < -0.4 is 9.47 Å². The van der Waals surface area contributed by atoms with Gasteiger partial charge in [-0.05, 0) is 32.9 Å². The van der Waals surface area contributed by atoms with Gasteiger partial charge in [0.25, 0.3) is 5.91 Å². The van der Waals surface area contributed by atoms with Crippen molar-refractivity contribution in [3.8, 4) is 11.5 Å². The predicted molar refractivity (Wildman–Crippen MR) is 78.0 cm³/mol. The largest absolute Gasteiger partial charge is 0.497 e. The van der Waals surface area contributed by atoms with Gasteiger partial charge in [0.05, 0.1) is 14.2 Å². The van der Waals surface area contributed by atoms with E-state index in [1.165, 1.54) is 19.1 Å². The molecule has 0 unspecified atom stereocenters. The smallest absolute Gasteiger partial charge is 0.323 e. The van der Waals surface area contributed by atoms with Crippen LogP contribution in [0.1, 0.15) is 31.1 Å². The number of benzene rings is 1. The summed E-state index contributed by atoms with van der Waals surface area (Å²) in [5.74, 6) is -0.501. The van der Waals surface area contributed by atoms with Gasteiger partial charge >= 0.3 is 5.97 Å². The lowest BCUT2D eigenvalue weighted by Gasteiger charge is -2.34. The Morgan fingerprint density at radius 2 is 1.57 bits per heavy atom. The minimum absolute atomic E-state index is 0.322. The molecular weight excluding hydrogens is 274 g/mol. The molecule has 0 aliphatic carbocycles. The second kappa shape index (κ2) is 6.47. The van der Waals surface area contributed by atoms with E-state index in [0.717, 1.165) is 0 Å². The zero-order valence-corrected chi connectivity index (χ0v) is 13.0. The van der Waals surface area contributed by atoms with E-state index in [1.54, 1.807) is 39.0 Å². The molecule has 6 nitrogen and oxygen atoms in total. The molecule has 0 saturated carbocycles. The van der Waals surface area contributed by atoms with Crippen molar-refractivity contribution in [2.75, 3.05) is 20.8 Å². The Balaban J connectivity index is 3.22. The lowest BCUT2D eigenvalue weighted by molar-refractivity contribution is -0.138. The number of methoxy groups -OCH3 is 2. The van der Waals surface area contributed by atoms with Gasteiger partial charge in [0.1, 0.15) is 18.0 Å². The predicted octanol–water partition coefficient (Wildman–Crippen LogP) is 2.03. The van der Waals surface area contributed by atoms with E-state index >= 15 is 0 Å². The minimum Gasteiger partial charge on any atom is -0.497 e. The standard InChI is InChI=1S/C15H21NO5/c1-15(2,3)16(9-13(17)18)14(19)10-6-11(20-4)8-12(7-10)21-5/h6-8H,9H2,1-5H3,(H,17,18). The van der Waals surface area contributed by atoms with Crippen LogP contribution in [0.5, 0.6) is 11.5 Å². The first-order valence-corrected chi connectivity index (χ1v) is 6.46. The Morgan fingerprint density at radius 1 is 1.10 bits per heavy atom. The Morgan fingerprint density at radius 3 is 1.90 bits per heavy atom. The number of hydrogen-bond donors (Lipinski definition) is 1. The van der Waals surface area contributed by atoms with Crippen molar-refractivity contribution >= 4 is 11.9 Å². The molecule has 21 heavy (non-hydrogen) atoms. The number of hydrogen-bond acceptors (Lipinski definition) is 4. The number of rotatable bonds is 5. The van der Waals surface area contributed by atoms with Crippen LogP contribution in [0.15, 0.2) is 18.2 Å². The number of carboxylic acids is 1. The van der Waals surface area contributed by atoms with Gasteiger partial charge in [0, 0.05) is 17.2 Å². The van der Waals surface area contributed by atoms with Crippen LogP contribution in [0.4, 0.5) is 0 Å². The molecule has 0 atom stereocenters. The van der Waals surface area contributed by atoms with Crippen LogP contribution in [-0.2, 0) is 4.79 Å². The topological polar surface area (TPSA) is 76.1 Å². The fourth-order valence-corrected chi connectivity index (χ4v) is 1.84. The van der Waals surface area contributed by atoms with Gasteiger partial charge in [-0.15, -0.1) is 0 Å². The van der Waals surface area contributed by atoms with Gasteiger partial charge in [0.2, 0.25) is 0 Å². The molecule has 0 radical (unpaired) electrons. The average Bonchev–Trinajstić information content (AvgIpc) is 2.42. The number of amides is 1. The highest BCUT2D eigenvalue weighted by molar-refractivity contribution is 5.97. The molecular formula is C15H21NO5. The van der Waals surface area contributed by atoms with Crippen molar-refractivity contribution in [2.24, 2.45) is 0 Å². The van der Waals surface area contributed by atoms with E-state index in [-0.39, 0.29) is 12.5 Å². The summed E-state index contributed by atoms with van der Waals surface area (Å²) in [6.07, 6.45) is 0. The molecule has 0 heterocycles. The molecule has 0 aliphatic heterocycles. The molecule has 1 aromatic rings. The van der Waals surface area contributed by atoms with Crippen LogP contribution in [0.2, 0.25) is 0 Å². The molecule has 1 N–H and O–H groups in total. The normalized spacial score (nSPS) is 10.9. The SMILES string of the molecule is COc1cc(OC)cc(C(=O)N(CC(=O)O)C(C)(C)C)c1. The Bertz CT molecular complexity index is 511. The Kier molecular flexibility index (Phi) is 5.18. The summed E-state index contributed by atoms with van der Waals surface area (Å²) in [6.45, 7) is 4.98. The average molecular weight is 295 g/mol. The van der Waals surface area contributed by atoms with Crippen LogP contribution in [0.3, 0.4) is 0 Å². The fraction of sp³-hybridized carbons (Fsp3) is 0.467. The molecule has 6 heteroatoms. The van der Waals surface area contributed by atoms with E-state index in [9.17, 15) is 9.59 Å². The first-order valence-electron chi connectivity index (χ1n) is 6.46. The second-order valence-electron chi connectivity index (χ2n) is 5.56. The van der Waals surface area contributed by atoms with Gasteiger partial charge < -0.3 is 19.5 Å². The number of ether oxygens (including phenoxy) is 2. The van der Waals surface area contributed by atoms with Gasteiger partial charge in [-0.3, -0.25) is 9.59 Å². The third kappa shape index (κ3) is 4.37. The molecule has 0 bridgehead atoms. The van der Waals surface area contributed by atoms with Crippen LogP contribution in [-0.4, -0.2) is 48.2 Å². The third-order valence-electron chi connectivity index (χ3n) is 2.95. The molecule has 1 amide bonds. The molecule has 116 valence electrons. The summed E-state index contributed by atoms with van der Waals surface area (Å²) >= 11 is 0. The zero-order chi connectivity index (χ0) is 16.2. The number of carbonyl (C=O) groups excluding carboxylic acids is 1. The quantitative estimate of drug-likeness (QED) is 0.899. The van der Waals surface area contributed by atoms with Crippen molar-refractivity contribution < 1.29 is 24.2 Å². The monoisotopic (exact) mass is 295 g/mol. The maximum Gasteiger partial charge on any atom is 0.323 e. The first-order chi connectivity index (χ1) is 9.68. The summed E-state index contributed by atoms with van der Waals surface area (Å²) in [7, 11) is 2.98. The van der Waals surface area contributed by atoms with Crippen LogP contribution >= 0.6 is 0 Å².